The molecule has 0 unspecified atom stereocenters. The molecule has 2 aromatic heterocycles. The van der Waals surface area contributed by atoms with E-state index in [0.29, 0.717) is 17.3 Å². The Bertz CT molecular complexity index is 655. The van der Waals surface area contributed by atoms with E-state index in [0.717, 1.165) is 23.5 Å². The lowest BCUT2D eigenvalue weighted by Crippen LogP contribution is -2.17. The molecule has 0 saturated carbocycles. The first kappa shape index (κ1) is 14.8. The number of hydrogen-bond donors (Lipinski definition) is 1. The van der Waals surface area contributed by atoms with Gasteiger partial charge in [0.05, 0.1) is 5.56 Å². The molecular weight excluding hydrogens is 298 g/mol. The fourth-order valence-electron chi connectivity index (χ4n) is 2.16. The molecule has 1 aliphatic heterocycles. The first-order valence-electron chi connectivity index (χ1n) is 7.16. The highest BCUT2D eigenvalue weighted by Crippen LogP contribution is 2.22. The average Bonchev–Trinajstić information content (AvgIpc) is 3.03. The van der Waals surface area contributed by atoms with Crippen molar-refractivity contribution in [1.82, 2.24) is 9.97 Å². The molecule has 0 radical (unpaired) electrons. The predicted octanol–water partition coefficient (Wildman–Crippen LogP) is 2.92. The largest absolute Gasteiger partial charge is 0.473 e. The van der Waals surface area contributed by atoms with Crippen LogP contribution in [-0.4, -0.2) is 33.5 Å². The van der Waals surface area contributed by atoms with E-state index < -0.39 is 0 Å². The van der Waals surface area contributed by atoms with Crippen LogP contribution in [0.1, 0.15) is 22.3 Å². The second-order valence-electron chi connectivity index (χ2n) is 5.11. The second kappa shape index (κ2) is 6.79. The molecule has 3 rings (SSSR count). The number of carbonyl (C=O) groups is 1. The first-order valence-corrected chi connectivity index (χ1v) is 8.31. The van der Waals surface area contributed by atoms with Gasteiger partial charge in [-0.1, -0.05) is 6.07 Å². The molecule has 1 N–H and O–H groups in total. The van der Waals surface area contributed by atoms with Crippen molar-refractivity contribution in [3.63, 3.8) is 0 Å². The summed E-state index contributed by atoms with van der Waals surface area (Å²) >= 11 is 1.89. The van der Waals surface area contributed by atoms with E-state index in [4.69, 9.17) is 4.74 Å². The fourth-order valence-corrected chi connectivity index (χ4v) is 3.25. The van der Waals surface area contributed by atoms with Crippen molar-refractivity contribution in [3.8, 4) is 5.88 Å². The lowest BCUT2D eigenvalue weighted by molar-refractivity contribution is 0.102. The van der Waals surface area contributed by atoms with Gasteiger partial charge in [0.2, 0.25) is 5.88 Å². The molecule has 2 aromatic rings. The summed E-state index contributed by atoms with van der Waals surface area (Å²) in [5, 5.41) is 2.78. The van der Waals surface area contributed by atoms with Crippen LogP contribution in [0.25, 0.3) is 0 Å². The van der Waals surface area contributed by atoms with Crippen LogP contribution >= 0.6 is 11.8 Å². The van der Waals surface area contributed by atoms with Crippen molar-refractivity contribution < 1.29 is 9.53 Å². The quantitative estimate of drug-likeness (QED) is 0.940. The number of thioether (sulfide) groups is 1. The normalized spacial score (nSPS) is 17.2. The molecule has 0 aliphatic carbocycles. The molecule has 6 heteroatoms. The smallest absolute Gasteiger partial charge is 0.258 e. The molecule has 5 nitrogen and oxygen atoms in total. The zero-order valence-corrected chi connectivity index (χ0v) is 13.1. The molecule has 3 heterocycles. The maximum absolute atomic E-state index is 12.2. The first-order chi connectivity index (χ1) is 10.7. The molecule has 1 aliphatic rings. The Balaban J connectivity index is 1.64. The van der Waals surface area contributed by atoms with Crippen molar-refractivity contribution in [2.45, 2.75) is 19.4 Å². The Morgan fingerprint density at radius 1 is 1.36 bits per heavy atom. The fraction of sp³-hybridized carbons (Fsp3) is 0.312. The Kier molecular flexibility index (Phi) is 4.58. The number of hydrogen-bond acceptors (Lipinski definition) is 5. The van der Waals surface area contributed by atoms with Gasteiger partial charge in [-0.05, 0) is 36.8 Å². The van der Waals surface area contributed by atoms with Crippen molar-refractivity contribution >= 4 is 23.5 Å². The summed E-state index contributed by atoms with van der Waals surface area (Å²) in [7, 11) is 0. The highest BCUT2D eigenvalue weighted by molar-refractivity contribution is 7.99. The Morgan fingerprint density at radius 2 is 2.27 bits per heavy atom. The zero-order valence-electron chi connectivity index (χ0n) is 12.3. The topological polar surface area (TPSA) is 64.1 Å². The third kappa shape index (κ3) is 3.57. The van der Waals surface area contributed by atoms with Gasteiger partial charge < -0.3 is 10.1 Å². The van der Waals surface area contributed by atoms with E-state index in [-0.39, 0.29) is 12.0 Å². The van der Waals surface area contributed by atoms with Crippen molar-refractivity contribution in [2.75, 3.05) is 16.8 Å². The molecule has 1 atom stereocenters. The lowest BCUT2D eigenvalue weighted by atomic mass is 10.2. The highest BCUT2D eigenvalue weighted by atomic mass is 32.2. The standard InChI is InChI=1S/C16H17N3O2S/c1-11-3-2-7-17-15(11)19-16(20)12-4-5-14(18-9-12)21-13-6-8-22-10-13/h2-5,7,9,13H,6,8,10H2,1H3,(H,17,19,20)/t13-/m1/s1. The predicted molar refractivity (Wildman–Crippen MR) is 87.5 cm³/mol. The minimum absolute atomic E-state index is 0.225. The second-order valence-corrected chi connectivity index (χ2v) is 6.26. The van der Waals surface area contributed by atoms with Crippen LogP contribution in [0.3, 0.4) is 0 Å². The summed E-state index contributed by atoms with van der Waals surface area (Å²) < 4.78 is 5.77. The molecule has 0 spiro atoms. The van der Waals surface area contributed by atoms with E-state index in [9.17, 15) is 4.79 Å². The van der Waals surface area contributed by atoms with E-state index >= 15 is 0 Å². The van der Waals surface area contributed by atoms with Crippen LogP contribution in [0.15, 0.2) is 36.7 Å². The molecule has 0 bridgehead atoms. The summed E-state index contributed by atoms with van der Waals surface area (Å²) in [4.78, 5) is 20.6. The number of anilines is 1. The number of rotatable bonds is 4. The SMILES string of the molecule is Cc1cccnc1NC(=O)c1ccc(O[C@@H]2CCSC2)nc1. The minimum atomic E-state index is -0.225. The van der Waals surface area contributed by atoms with Crippen molar-refractivity contribution in [1.29, 1.82) is 0 Å². The molecular formula is C16H17N3O2S. The summed E-state index contributed by atoms with van der Waals surface area (Å²) in [5.41, 5.74) is 1.40. The summed E-state index contributed by atoms with van der Waals surface area (Å²) in [6.45, 7) is 1.90. The number of nitrogens with zero attached hydrogens (tertiary/aromatic N) is 2. The molecule has 114 valence electrons. The summed E-state index contributed by atoms with van der Waals surface area (Å²) in [5.74, 6) is 3.04. The van der Waals surface area contributed by atoms with Crippen LogP contribution in [0.2, 0.25) is 0 Å². The Hall–Kier alpha value is -2.08. The van der Waals surface area contributed by atoms with Crippen LogP contribution in [-0.2, 0) is 0 Å². The van der Waals surface area contributed by atoms with Crippen LogP contribution in [0.5, 0.6) is 5.88 Å². The Labute approximate surface area is 133 Å². The summed E-state index contributed by atoms with van der Waals surface area (Å²) in [6.07, 6.45) is 4.46. The number of ether oxygens (including phenoxy) is 1. The number of aryl methyl sites for hydroxylation is 1. The minimum Gasteiger partial charge on any atom is -0.473 e. The molecule has 1 amide bonds. The van der Waals surface area contributed by atoms with Crippen LogP contribution < -0.4 is 10.1 Å². The van der Waals surface area contributed by atoms with Crippen LogP contribution in [0, 0.1) is 6.92 Å². The number of carbonyl (C=O) groups excluding carboxylic acids is 1. The van der Waals surface area contributed by atoms with Gasteiger partial charge in [0.1, 0.15) is 11.9 Å². The molecule has 1 saturated heterocycles. The lowest BCUT2D eigenvalue weighted by Gasteiger charge is -2.11. The van der Waals surface area contributed by atoms with E-state index in [1.54, 1.807) is 18.3 Å². The number of amides is 1. The number of pyridine rings is 2. The van der Waals surface area contributed by atoms with Gasteiger partial charge in [-0.3, -0.25) is 4.79 Å². The maximum atomic E-state index is 12.2. The van der Waals surface area contributed by atoms with E-state index in [1.807, 2.05) is 30.8 Å². The Morgan fingerprint density at radius 3 is 2.95 bits per heavy atom. The van der Waals surface area contributed by atoms with Gasteiger partial charge in [-0.15, -0.1) is 0 Å². The molecule has 0 aromatic carbocycles. The van der Waals surface area contributed by atoms with Gasteiger partial charge in [-0.2, -0.15) is 11.8 Å². The van der Waals surface area contributed by atoms with Gasteiger partial charge in [-0.25, -0.2) is 9.97 Å². The number of aromatic nitrogens is 2. The van der Waals surface area contributed by atoms with Gasteiger partial charge >= 0.3 is 0 Å². The molecule has 1 fully saturated rings. The van der Waals surface area contributed by atoms with Gasteiger partial charge in [0.15, 0.2) is 0 Å². The summed E-state index contributed by atoms with van der Waals surface area (Å²) in [6, 6.07) is 7.19. The molecule has 22 heavy (non-hydrogen) atoms. The maximum Gasteiger partial charge on any atom is 0.258 e. The third-order valence-electron chi connectivity index (χ3n) is 3.42. The number of nitrogens with one attached hydrogen (secondary N) is 1. The monoisotopic (exact) mass is 315 g/mol. The van der Waals surface area contributed by atoms with Gasteiger partial charge in [0, 0.05) is 24.2 Å². The third-order valence-corrected chi connectivity index (χ3v) is 4.55. The van der Waals surface area contributed by atoms with Crippen molar-refractivity contribution in [2.24, 2.45) is 0 Å². The average molecular weight is 315 g/mol. The zero-order chi connectivity index (χ0) is 15.4. The van der Waals surface area contributed by atoms with Crippen molar-refractivity contribution in [3.05, 3.63) is 47.8 Å². The van der Waals surface area contributed by atoms with Gasteiger partial charge in [0.25, 0.3) is 5.91 Å². The van der Waals surface area contributed by atoms with E-state index in [2.05, 4.69) is 15.3 Å². The van der Waals surface area contributed by atoms with Crippen LogP contribution in [0.4, 0.5) is 5.82 Å². The highest BCUT2D eigenvalue weighted by Gasteiger charge is 2.17. The van der Waals surface area contributed by atoms with E-state index in [1.165, 1.54) is 6.20 Å².